The molecule has 2 N–H and O–H groups in total. The molecule has 23 heavy (non-hydrogen) atoms. The summed E-state index contributed by atoms with van der Waals surface area (Å²) in [6.45, 7) is 5.82. The first-order chi connectivity index (χ1) is 11.0. The number of carbonyl (C=O) groups excluding carboxylic acids is 1. The number of amides is 1. The quantitative estimate of drug-likeness (QED) is 0.865. The number of H-pyrrole nitrogens is 1. The molecule has 0 spiro atoms. The molecule has 0 bridgehead atoms. The van der Waals surface area contributed by atoms with Crippen LogP contribution in [0.5, 0.6) is 0 Å². The smallest absolute Gasteiger partial charge is 0.263 e. The molecular formula is C15H20N6O2. The van der Waals surface area contributed by atoms with Crippen molar-refractivity contribution in [3.8, 4) is 0 Å². The van der Waals surface area contributed by atoms with E-state index in [2.05, 4.69) is 25.5 Å². The Morgan fingerprint density at radius 1 is 1.39 bits per heavy atom. The Morgan fingerprint density at radius 3 is 2.74 bits per heavy atom. The Morgan fingerprint density at radius 2 is 2.13 bits per heavy atom. The summed E-state index contributed by atoms with van der Waals surface area (Å²) < 4.78 is 1.88. The second kappa shape index (κ2) is 5.94. The summed E-state index contributed by atoms with van der Waals surface area (Å²) >= 11 is 0. The number of nitrogens with zero attached hydrogens (tertiary/aromatic N) is 4. The maximum absolute atomic E-state index is 12.3. The van der Waals surface area contributed by atoms with Gasteiger partial charge in [-0.15, -0.1) is 10.2 Å². The van der Waals surface area contributed by atoms with Crippen LogP contribution in [0.4, 0.5) is 0 Å². The van der Waals surface area contributed by atoms with Gasteiger partial charge < -0.3 is 14.9 Å². The van der Waals surface area contributed by atoms with E-state index in [1.807, 2.05) is 18.4 Å². The zero-order valence-electron chi connectivity index (χ0n) is 13.4. The van der Waals surface area contributed by atoms with E-state index in [9.17, 15) is 9.59 Å². The maximum atomic E-state index is 12.3. The minimum atomic E-state index is -0.466. The average Bonchev–Trinajstić information content (AvgIpc) is 3.22. The van der Waals surface area contributed by atoms with Crippen molar-refractivity contribution in [1.82, 2.24) is 30.0 Å². The minimum absolute atomic E-state index is 0.0110. The van der Waals surface area contributed by atoms with Gasteiger partial charge in [0, 0.05) is 18.2 Å². The van der Waals surface area contributed by atoms with Gasteiger partial charge in [-0.25, -0.2) is 4.98 Å². The predicted octanol–water partition coefficient (Wildman–Crippen LogP) is 1.31. The summed E-state index contributed by atoms with van der Waals surface area (Å²) in [5.74, 6) is 1.18. The van der Waals surface area contributed by atoms with Gasteiger partial charge in [0.2, 0.25) is 0 Å². The predicted molar refractivity (Wildman–Crippen MR) is 83.1 cm³/mol. The summed E-state index contributed by atoms with van der Waals surface area (Å²) in [6.07, 6.45) is 5.05. The van der Waals surface area contributed by atoms with Gasteiger partial charge in [0.05, 0.1) is 6.04 Å². The van der Waals surface area contributed by atoms with E-state index in [-0.39, 0.29) is 17.6 Å². The highest BCUT2D eigenvalue weighted by atomic mass is 16.2. The van der Waals surface area contributed by atoms with Crippen LogP contribution in [0.3, 0.4) is 0 Å². The number of nitrogens with one attached hydrogen (secondary N) is 2. The van der Waals surface area contributed by atoms with Gasteiger partial charge in [0.1, 0.15) is 17.7 Å². The largest absolute Gasteiger partial charge is 0.342 e. The van der Waals surface area contributed by atoms with Crippen LogP contribution < -0.4 is 10.9 Å². The minimum Gasteiger partial charge on any atom is -0.342 e. The molecule has 0 aliphatic heterocycles. The van der Waals surface area contributed by atoms with E-state index >= 15 is 0 Å². The van der Waals surface area contributed by atoms with E-state index in [0.29, 0.717) is 17.6 Å². The van der Waals surface area contributed by atoms with Gasteiger partial charge in [-0.3, -0.25) is 9.59 Å². The SMILES string of the molecule is CC(NC(=O)c1cnc(C2CC2)[nH]c1=O)c1nncn1C(C)C. The second-order valence-corrected chi connectivity index (χ2v) is 6.17. The Balaban J connectivity index is 1.76. The highest BCUT2D eigenvalue weighted by Gasteiger charge is 2.27. The van der Waals surface area contributed by atoms with Crippen LogP contribution in [0.15, 0.2) is 17.3 Å². The molecule has 0 aromatic carbocycles. The van der Waals surface area contributed by atoms with E-state index in [0.717, 1.165) is 12.8 Å². The Hall–Kier alpha value is -2.51. The molecular weight excluding hydrogens is 296 g/mol. The van der Waals surface area contributed by atoms with Crippen molar-refractivity contribution in [2.75, 3.05) is 0 Å². The van der Waals surface area contributed by atoms with Crippen molar-refractivity contribution >= 4 is 5.91 Å². The lowest BCUT2D eigenvalue weighted by molar-refractivity contribution is 0.0935. The molecule has 1 fully saturated rings. The molecule has 0 radical (unpaired) electrons. The number of rotatable bonds is 5. The molecule has 1 aliphatic carbocycles. The topological polar surface area (TPSA) is 106 Å². The zero-order chi connectivity index (χ0) is 16.6. The fourth-order valence-corrected chi connectivity index (χ4v) is 2.43. The summed E-state index contributed by atoms with van der Waals surface area (Å²) in [5.41, 5.74) is -0.395. The lowest BCUT2D eigenvalue weighted by atomic mass is 10.2. The molecule has 8 nitrogen and oxygen atoms in total. The molecule has 1 saturated carbocycles. The van der Waals surface area contributed by atoms with Crippen LogP contribution in [0.2, 0.25) is 0 Å². The molecule has 2 aromatic rings. The first-order valence-electron chi connectivity index (χ1n) is 7.77. The van der Waals surface area contributed by atoms with E-state index < -0.39 is 11.5 Å². The maximum Gasteiger partial charge on any atom is 0.263 e. The van der Waals surface area contributed by atoms with Gasteiger partial charge >= 0.3 is 0 Å². The van der Waals surface area contributed by atoms with Crippen molar-refractivity contribution < 1.29 is 4.79 Å². The molecule has 1 atom stereocenters. The molecule has 1 amide bonds. The fourth-order valence-electron chi connectivity index (χ4n) is 2.43. The standard InChI is InChI=1S/C15H20N6O2/c1-8(2)21-7-17-20-13(21)9(3)18-14(22)11-6-16-12(10-4-5-10)19-15(11)23/h6-10H,4-5H2,1-3H3,(H,18,22)(H,16,19,23). The molecule has 3 rings (SSSR count). The van der Waals surface area contributed by atoms with Gasteiger partial charge in [0.15, 0.2) is 5.82 Å². The molecule has 122 valence electrons. The number of aromatic nitrogens is 5. The lowest BCUT2D eigenvalue weighted by Gasteiger charge is -2.16. The molecule has 2 heterocycles. The Bertz CT molecular complexity index is 774. The monoisotopic (exact) mass is 316 g/mol. The van der Waals surface area contributed by atoms with Crippen molar-refractivity contribution in [1.29, 1.82) is 0 Å². The van der Waals surface area contributed by atoms with Crippen molar-refractivity contribution in [2.45, 2.75) is 51.6 Å². The fraction of sp³-hybridized carbons (Fsp3) is 0.533. The third kappa shape index (κ3) is 3.15. The summed E-state index contributed by atoms with van der Waals surface area (Å²) in [5, 5.41) is 10.7. The van der Waals surface area contributed by atoms with Crippen molar-refractivity contribution in [3.05, 3.63) is 40.1 Å². The van der Waals surface area contributed by atoms with Crippen LogP contribution in [0, 0.1) is 0 Å². The van der Waals surface area contributed by atoms with Gasteiger partial charge in [-0.1, -0.05) is 0 Å². The van der Waals surface area contributed by atoms with E-state index in [1.165, 1.54) is 6.20 Å². The molecule has 2 aromatic heterocycles. The van der Waals surface area contributed by atoms with Crippen molar-refractivity contribution in [2.24, 2.45) is 0 Å². The molecule has 0 saturated heterocycles. The zero-order valence-corrected chi connectivity index (χ0v) is 13.4. The molecule has 8 heteroatoms. The van der Waals surface area contributed by atoms with Gasteiger partial charge in [0.25, 0.3) is 11.5 Å². The van der Waals surface area contributed by atoms with Crippen molar-refractivity contribution in [3.63, 3.8) is 0 Å². The third-order valence-electron chi connectivity index (χ3n) is 3.92. The Kier molecular flexibility index (Phi) is 3.97. The van der Waals surface area contributed by atoms with Crippen LogP contribution in [-0.4, -0.2) is 30.6 Å². The number of hydrogen-bond acceptors (Lipinski definition) is 5. The summed E-state index contributed by atoms with van der Waals surface area (Å²) in [7, 11) is 0. The van der Waals surface area contributed by atoms with Crippen LogP contribution in [-0.2, 0) is 0 Å². The van der Waals surface area contributed by atoms with Crippen LogP contribution in [0.1, 0.15) is 73.6 Å². The lowest BCUT2D eigenvalue weighted by Crippen LogP contribution is -2.33. The average molecular weight is 316 g/mol. The van der Waals surface area contributed by atoms with E-state index in [4.69, 9.17) is 0 Å². The van der Waals surface area contributed by atoms with Crippen LogP contribution >= 0.6 is 0 Å². The number of hydrogen-bond donors (Lipinski definition) is 2. The molecule has 1 unspecified atom stereocenters. The highest BCUT2D eigenvalue weighted by molar-refractivity contribution is 5.93. The normalized spacial score (nSPS) is 15.7. The first-order valence-corrected chi connectivity index (χ1v) is 7.77. The van der Waals surface area contributed by atoms with Gasteiger partial charge in [-0.2, -0.15) is 0 Å². The van der Waals surface area contributed by atoms with Crippen LogP contribution in [0.25, 0.3) is 0 Å². The molecule has 1 aliphatic rings. The second-order valence-electron chi connectivity index (χ2n) is 6.17. The summed E-state index contributed by atoms with van der Waals surface area (Å²) in [4.78, 5) is 31.3. The highest BCUT2D eigenvalue weighted by Crippen LogP contribution is 2.37. The summed E-state index contributed by atoms with van der Waals surface area (Å²) in [6, 6.07) is -0.183. The van der Waals surface area contributed by atoms with Gasteiger partial charge in [-0.05, 0) is 33.6 Å². The Labute approximate surface area is 133 Å². The number of aromatic amines is 1. The third-order valence-corrected chi connectivity index (χ3v) is 3.92. The number of carbonyl (C=O) groups is 1. The van der Waals surface area contributed by atoms with E-state index in [1.54, 1.807) is 13.3 Å². The first kappa shape index (κ1) is 15.4.